The molecule has 0 bridgehead atoms. The molecule has 0 atom stereocenters. The summed E-state index contributed by atoms with van der Waals surface area (Å²) in [5.41, 5.74) is 7.13. The summed E-state index contributed by atoms with van der Waals surface area (Å²) >= 11 is 0. The number of hydrogen-bond acceptors (Lipinski definition) is 5. The average Bonchev–Trinajstić information content (AvgIpc) is 3.30. The zero-order valence-corrected chi connectivity index (χ0v) is 19.9. The molecule has 178 valence electrons. The van der Waals surface area contributed by atoms with E-state index in [0.717, 1.165) is 22.1 Å². The zero-order valence-electron chi connectivity index (χ0n) is 19.9. The van der Waals surface area contributed by atoms with Gasteiger partial charge in [-0.2, -0.15) is 5.10 Å². The minimum Gasteiger partial charge on any atom is -0.490 e. The molecule has 4 rings (SSSR count). The predicted octanol–water partition coefficient (Wildman–Crippen LogP) is 6.21. The van der Waals surface area contributed by atoms with Crippen LogP contribution in [0.2, 0.25) is 0 Å². The fourth-order valence-corrected chi connectivity index (χ4v) is 3.65. The Morgan fingerprint density at radius 1 is 1.09 bits per heavy atom. The van der Waals surface area contributed by atoms with Gasteiger partial charge in [0, 0.05) is 10.9 Å². The van der Waals surface area contributed by atoms with E-state index in [1.165, 1.54) is 5.56 Å². The normalized spacial score (nSPS) is 11.0. The summed E-state index contributed by atoms with van der Waals surface area (Å²) in [4.78, 5) is 12.5. The number of fused-ring (bicyclic) bond motifs is 1. The molecular formula is C29H28N2O4. The van der Waals surface area contributed by atoms with Crippen molar-refractivity contribution >= 4 is 23.1 Å². The van der Waals surface area contributed by atoms with Crippen LogP contribution in [-0.4, -0.2) is 18.7 Å². The molecule has 1 amide bonds. The molecule has 0 aliphatic carbocycles. The number of benzene rings is 3. The lowest BCUT2D eigenvalue weighted by Gasteiger charge is -2.17. The second-order valence-corrected chi connectivity index (χ2v) is 8.05. The maximum atomic E-state index is 12.5. The first-order chi connectivity index (χ1) is 17.1. The van der Waals surface area contributed by atoms with Crippen LogP contribution in [0.5, 0.6) is 11.5 Å². The lowest BCUT2D eigenvalue weighted by molar-refractivity contribution is 0.0929. The number of hydrogen-bond donors (Lipinski definition) is 1. The van der Waals surface area contributed by atoms with Crippen molar-refractivity contribution in [3.8, 4) is 11.5 Å². The van der Waals surface area contributed by atoms with Gasteiger partial charge >= 0.3 is 5.91 Å². The van der Waals surface area contributed by atoms with Gasteiger partial charge in [0.15, 0.2) is 17.3 Å². The van der Waals surface area contributed by atoms with Gasteiger partial charge in [0.2, 0.25) is 0 Å². The molecule has 0 saturated carbocycles. The number of allylic oxidation sites excluding steroid dienone is 1. The molecule has 4 aromatic rings. The van der Waals surface area contributed by atoms with Crippen LogP contribution >= 0.6 is 0 Å². The number of ether oxygens (including phenoxy) is 2. The van der Waals surface area contributed by atoms with Gasteiger partial charge in [0.25, 0.3) is 0 Å². The summed E-state index contributed by atoms with van der Waals surface area (Å²) in [6.07, 6.45) is 3.98. The minimum absolute atomic E-state index is 0.200. The van der Waals surface area contributed by atoms with Gasteiger partial charge in [0.05, 0.1) is 12.8 Å². The van der Waals surface area contributed by atoms with E-state index in [4.69, 9.17) is 13.9 Å². The quantitative estimate of drug-likeness (QED) is 0.171. The molecular weight excluding hydrogens is 440 g/mol. The van der Waals surface area contributed by atoms with Crippen LogP contribution in [-0.2, 0) is 13.0 Å². The number of nitrogens with one attached hydrogen (secondary N) is 1. The van der Waals surface area contributed by atoms with Crippen molar-refractivity contribution in [1.82, 2.24) is 5.43 Å². The van der Waals surface area contributed by atoms with Crippen LogP contribution in [0.3, 0.4) is 0 Å². The van der Waals surface area contributed by atoms with Gasteiger partial charge in [-0.15, -0.1) is 6.58 Å². The highest BCUT2D eigenvalue weighted by molar-refractivity contribution is 5.96. The largest absolute Gasteiger partial charge is 0.490 e. The monoisotopic (exact) mass is 468 g/mol. The Hall–Kier alpha value is -4.32. The van der Waals surface area contributed by atoms with Crippen LogP contribution in [0.1, 0.15) is 39.7 Å². The van der Waals surface area contributed by atoms with E-state index < -0.39 is 5.91 Å². The molecule has 6 heteroatoms. The molecule has 0 aliphatic heterocycles. The van der Waals surface area contributed by atoms with Gasteiger partial charge in [-0.1, -0.05) is 54.1 Å². The number of para-hydroxylation sites is 1. The molecule has 0 aliphatic rings. The van der Waals surface area contributed by atoms with Crippen LogP contribution in [0.4, 0.5) is 0 Å². The summed E-state index contributed by atoms with van der Waals surface area (Å²) in [5, 5.41) is 4.97. The number of hydrazone groups is 1. The summed E-state index contributed by atoms with van der Waals surface area (Å²) in [6.45, 7) is 8.75. The third kappa shape index (κ3) is 5.98. The highest BCUT2D eigenvalue weighted by Gasteiger charge is 2.14. The Balaban J connectivity index is 1.52. The Morgan fingerprint density at radius 3 is 2.63 bits per heavy atom. The first-order valence-electron chi connectivity index (χ1n) is 11.5. The van der Waals surface area contributed by atoms with Gasteiger partial charge in [0.1, 0.15) is 12.2 Å². The number of rotatable bonds is 10. The molecule has 0 saturated heterocycles. The van der Waals surface area contributed by atoms with Crippen molar-refractivity contribution in [3.05, 3.63) is 107 Å². The Bertz CT molecular complexity index is 1320. The standard InChI is InChI=1S/C29H28N2O4/c1-4-8-24-15-22(18-30-31-29(32)27-17-23-9-6-7-10-25(23)35-27)16-26(33-5-2)28(24)34-19-21-13-11-20(3)12-14-21/h4,6-7,9-18H,1,5,8,19H2,2-3H3,(H,31,32)/b30-18+. The number of carbonyl (C=O) groups excluding carboxylic acids is 1. The van der Waals surface area contributed by atoms with Crippen LogP contribution in [0, 0.1) is 6.92 Å². The highest BCUT2D eigenvalue weighted by atomic mass is 16.5. The lowest BCUT2D eigenvalue weighted by Crippen LogP contribution is -2.16. The maximum Gasteiger partial charge on any atom is 0.307 e. The predicted molar refractivity (Wildman–Crippen MR) is 138 cm³/mol. The van der Waals surface area contributed by atoms with E-state index in [-0.39, 0.29) is 5.76 Å². The molecule has 0 radical (unpaired) electrons. The molecule has 0 spiro atoms. The Labute approximate surface area is 204 Å². The number of nitrogens with zero attached hydrogens (tertiary/aromatic N) is 1. The van der Waals surface area contributed by atoms with E-state index in [0.29, 0.717) is 36.7 Å². The van der Waals surface area contributed by atoms with E-state index in [1.807, 2.05) is 49.4 Å². The van der Waals surface area contributed by atoms with Crippen LogP contribution in [0.15, 0.2) is 88.9 Å². The first-order valence-corrected chi connectivity index (χ1v) is 11.5. The SMILES string of the molecule is C=CCc1cc(/C=N/NC(=O)c2cc3ccccc3o2)cc(OCC)c1OCc1ccc(C)cc1. The number of amides is 1. The molecule has 1 heterocycles. The van der Waals surface area contributed by atoms with E-state index in [9.17, 15) is 4.79 Å². The number of carbonyl (C=O) groups is 1. The van der Waals surface area contributed by atoms with Crippen LogP contribution in [0.25, 0.3) is 11.0 Å². The first kappa shape index (κ1) is 23.8. The summed E-state index contributed by atoms with van der Waals surface area (Å²) in [5.74, 6) is 1.07. The highest BCUT2D eigenvalue weighted by Crippen LogP contribution is 2.34. The fraction of sp³-hybridized carbons (Fsp3) is 0.172. The van der Waals surface area contributed by atoms with E-state index >= 15 is 0 Å². The third-order valence-corrected chi connectivity index (χ3v) is 5.35. The second kappa shape index (κ2) is 11.2. The molecule has 1 aromatic heterocycles. The van der Waals surface area contributed by atoms with Crippen molar-refractivity contribution in [2.24, 2.45) is 5.10 Å². The maximum absolute atomic E-state index is 12.5. The van der Waals surface area contributed by atoms with E-state index in [1.54, 1.807) is 12.3 Å². The van der Waals surface area contributed by atoms with Gasteiger partial charge in [-0.25, -0.2) is 5.43 Å². The molecule has 6 nitrogen and oxygen atoms in total. The second-order valence-electron chi connectivity index (χ2n) is 8.05. The Kier molecular flexibility index (Phi) is 7.63. The minimum atomic E-state index is -0.424. The number of aryl methyl sites for hydroxylation is 1. The molecule has 0 fully saturated rings. The molecule has 3 aromatic carbocycles. The van der Waals surface area contributed by atoms with Crippen LogP contribution < -0.4 is 14.9 Å². The average molecular weight is 469 g/mol. The van der Waals surface area contributed by atoms with Crippen molar-refractivity contribution in [2.75, 3.05) is 6.61 Å². The summed E-state index contributed by atoms with van der Waals surface area (Å²) < 4.78 is 17.7. The molecule has 0 unspecified atom stereocenters. The van der Waals surface area contributed by atoms with Crippen molar-refractivity contribution in [1.29, 1.82) is 0 Å². The summed E-state index contributed by atoms with van der Waals surface area (Å²) in [6, 6.07) is 21.2. The Morgan fingerprint density at radius 2 is 1.89 bits per heavy atom. The third-order valence-electron chi connectivity index (χ3n) is 5.35. The van der Waals surface area contributed by atoms with Gasteiger partial charge in [-0.05, 0) is 55.7 Å². The van der Waals surface area contributed by atoms with Gasteiger partial charge in [-0.3, -0.25) is 4.79 Å². The zero-order chi connectivity index (χ0) is 24.6. The van der Waals surface area contributed by atoms with Crippen molar-refractivity contribution in [3.63, 3.8) is 0 Å². The van der Waals surface area contributed by atoms with Gasteiger partial charge < -0.3 is 13.9 Å². The fourth-order valence-electron chi connectivity index (χ4n) is 3.65. The smallest absolute Gasteiger partial charge is 0.307 e. The lowest BCUT2D eigenvalue weighted by atomic mass is 10.1. The summed E-state index contributed by atoms with van der Waals surface area (Å²) in [7, 11) is 0. The topological polar surface area (TPSA) is 73.1 Å². The molecule has 35 heavy (non-hydrogen) atoms. The van der Waals surface area contributed by atoms with Crippen molar-refractivity contribution < 1.29 is 18.7 Å². The number of furan rings is 1. The van der Waals surface area contributed by atoms with Crippen molar-refractivity contribution in [2.45, 2.75) is 26.9 Å². The van der Waals surface area contributed by atoms with E-state index in [2.05, 4.69) is 48.3 Å². The molecule has 1 N–H and O–H groups in total.